The molecule has 0 aromatic heterocycles. The van der Waals surface area contributed by atoms with Crippen molar-refractivity contribution in [3.63, 3.8) is 0 Å². The van der Waals surface area contributed by atoms with Gasteiger partial charge in [-0.1, -0.05) is 39.7 Å². The van der Waals surface area contributed by atoms with Gasteiger partial charge in [0.1, 0.15) is 12.0 Å². The minimum absolute atomic E-state index is 0.0749. The SMILES string of the molecule is CCOc1cc([C@@H]2SCC(=O)N2c2ccc(Cl)cc2)cc(I)c1OCc1ccc(Br)cc1. The standard InChI is InChI=1S/C24H20BrClINO3S/c1-2-30-21-12-16(11-20(27)23(21)31-13-15-3-5-17(25)6-4-15)24-28(22(29)14-32-24)19-9-7-18(26)8-10-19/h3-12,24H,2,13-14H2,1H3/t24-/m0/s1. The van der Waals surface area contributed by atoms with Crippen molar-refractivity contribution >= 4 is 73.5 Å². The predicted octanol–water partition coefficient (Wildman–Crippen LogP) is 7.46. The van der Waals surface area contributed by atoms with E-state index in [4.69, 9.17) is 21.1 Å². The summed E-state index contributed by atoms with van der Waals surface area (Å²) in [5.41, 5.74) is 2.90. The van der Waals surface area contributed by atoms with Crippen LogP contribution in [0, 0.1) is 3.57 Å². The Hall–Kier alpha value is -1.42. The Labute approximate surface area is 218 Å². The van der Waals surface area contributed by atoms with E-state index in [1.807, 2.05) is 54.3 Å². The highest BCUT2D eigenvalue weighted by Gasteiger charge is 2.35. The summed E-state index contributed by atoms with van der Waals surface area (Å²) in [5, 5.41) is 0.502. The molecule has 1 aliphatic heterocycles. The predicted molar refractivity (Wildman–Crippen MR) is 143 cm³/mol. The molecule has 0 N–H and O–H groups in total. The van der Waals surface area contributed by atoms with Gasteiger partial charge in [-0.15, -0.1) is 11.8 Å². The van der Waals surface area contributed by atoms with Crippen LogP contribution in [0.3, 0.4) is 0 Å². The van der Waals surface area contributed by atoms with Crippen molar-refractivity contribution in [2.45, 2.75) is 18.9 Å². The number of ether oxygens (including phenoxy) is 2. The first-order valence-electron chi connectivity index (χ1n) is 9.99. The summed E-state index contributed by atoms with van der Waals surface area (Å²) in [6.07, 6.45) is 0. The van der Waals surface area contributed by atoms with Crippen molar-refractivity contribution in [1.29, 1.82) is 0 Å². The van der Waals surface area contributed by atoms with E-state index in [2.05, 4.69) is 44.6 Å². The maximum absolute atomic E-state index is 12.7. The maximum Gasteiger partial charge on any atom is 0.238 e. The van der Waals surface area contributed by atoms with E-state index in [-0.39, 0.29) is 11.3 Å². The minimum atomic E-state index is -0.142. The third kappa shape index (κ3) is 5.38. The van der Waals surface area contributed by atoms with E-state index >= 15 is 0 Å². The number of anilines is 1. The molecule has 0 saturated carbocycles. The molecule has 8 heteroatoms. The first-order chi connectivity index (χ1) is 15.5. The second kappa shape index (κ2) is 10.7. The average Bonchev–Trinajstić information content (AvgIpc) is 3.16. The van der Waals surface area contributed by atoms with Crippen LogP contribution in [0.25, 0.3) is 0 Å². The number of carbonyl (C=O) groups is 1. The third-order valence-electron chi connectivity index (χ3n) is 4.89. The van der Waals surface area contributed by atoms with Crippen LogP contribution in [0.2, 0.25) is 5.02 Å². The fourth-order valence-electron chi connectivity index (χ4n) is 3.42. The van der Waals surface area contributed by atoms with E-state index in [1.165, 1.54) is 0 Å². The highest BCUT2D eigenvalue weighted by Crippen LogP contribution is 2.45. The summed E-state index contributed by atoms with van der Waals surface area (Å²) in [6, 6.07) is 19.5. The number of hydrogen-bond acceptors (Lipinski definition) is 4. The van der Waals surface area contributed by atoms with Gasteiger partial charge in [-0.2, -0.15) is 0 Å². The molecule has 4 nitrogen and oxygen atoms in total. The van der Waals surface area contributed by atoms with E-state index in [1.54, 1.807) is 23.9 Å². The van der Waals surface area contributed by atoms with E-state index in [0.29, 0.717) is 35.5 Å². The summed E-state index contributed by atoms with van der Waals surface area (Å²) in [4.78, 5) is 14.5. The number of amides is 1. The van der Waals surface area contributed by atoms with Crippen molar-refractivity contribution < 1.29 is 14.3 Å². The second-order valence-corrected chi connectivity index (χ2v) is 10.7. The van der Waals surface area contributed by atoms with Gasteiger partial charge < -0.3 is 9.47 Å². The molecule has 1 aliphatic rings. The Bertz CT molecular complexity index is 1110. The van der Waals surface area contributed by atoms with Crippen LogP contribution in [0.4, 0.5) is 5.69 Å². The van der Waals surface area contributed by atoms with Gasteiger partial charge in [-0.3, -0.25) is 9.69 Å². The van der Waals surface area contributed by atoms with Crippen LogP contribution in [-0.2, 0) is 11.4 Å². The molecular formula is C24H20BrClINO3S. The lowest BCUT2D eigenvalue weighted by Gasteiger charge is -2.25. The molecule has 1 atom stereocenters. The molecule has 0 radical (unpaired) electrons. The molecule has 4 rings (SSSR count). The molecule has 166 valence electrons. The van der Waals surface area contributed by atoms with E-state index in [0.717, 1.165) is 24.9 Å². The summed E-state index contributed by atoms with van der Waals surface area (Å²) in [7, 11) is 0. The van der Waals surface area contributed by atoms with Crippen LogP contribution in [0.15, 0.2) is 65.1 Å². The molecule has 0 bridgehead atoms. The summed E-state index contributed by atoms with van der Waals surface area (Å²) in [5.74, 6) is 1.90. The topological polar surface area (TPSA) is 38.8 Å². The number of carbonyl (C=O) groups excluding carboxylic acids is 1. The summed E-state index contributed by atoms with van der Waals surface area (Å²) < 4.78 is 14.1. The Kier molecular flexibility index (Phi) is 7.91. The number of halogens is 3. The van der Waals surface area contributed by atoms with Crippen molar-refractivity contribution in [2.24, 2.45) is 0 Å². The van der Waals surface area contributed by atoms with Gasteiger partial charge in [0.15, 0.2) is 11.5 Å². The molecular weight excluding hydrogens is 625 g/mol. The number of thioether (sulfide) groups is 1. The third-order valence-corrected chi connectivity index (χ3v) is 7.68. The van der Waals surface area contributed by atoms with Crippen LogP contribution >= 0.6 is 61.9 Å². The smallest absolute Gasteiger partial charge is 0.238 e. The Balaban J connectivity index is 1.63. The molecule has 3 aromatic carbocycles. The van der Waals surface area contributed by atoms with Gasteiger partial charge in [0.25, 0.3) is 0 Å². The van der Waals surface area contributed by atoms with Crippen molar-refractivity contribution in [1.82, 2.24) is 0 Å². The largest absolute Gasteiger partial charge is 0.490 e. The number of benzene rings is 3. The Morgan fingerprint density at radius 1 is 1.12 bits per heavy atom. The molecule has 0 aliphatic carbocycles. The van der Waals surface area contributed by atoms with Crippen LogP contribution in [0.5, 0.6) is 11.5 Å². The highest BCUT2D eigenvalue weighted by atomic mass is 127. The maximum atomic E-state index is 12.7. The fourth-order valence-corrected chi connectivity index (χ4v) is 5.75. The van der Waals surface area contributed by atoms with E-state index in [9.17, 15) is 4.79 Å². The Morgan fingerprint density at radius 2 is 1.84 bits per heavy atom. The fraction of sp³-hybridized carbons (Fsp3) is 0.208. The van der Waals surface area contributed by atoms with Crippen LogP contribution in [0.1, 0.15) is 23.4 Å². The van der Waals surface area contributed by atoms with Gasteiger partial charge in [0.05, 0.1) is 15.9 Å². The van der Waals surface area contributed by atoms with Gasteiger partial charge in [-0.25, -0.2) is 0 Å². The molecule has 3 aromatic rings. The summed E-state index contributed by atoms with van der Waals surface area (Å²) in [6.45, 7) is 2.91. The molecule has 0 spiro atoms. The molecule has 0 unspecified atom stereocenters. The molecule has 1 amide bonds. The monoisotopic (exact) mass is 643 g/mol. The van der Waals surface area contributed by atoms with Gasteiger partial charge >= 0.3 is 0 Å². The number of hydrogen-bond donors (Lipinski definition) is 0. The van der Waals surface area contributed by atoms with Gasteiger partial charge in [-0.05, 0) is 89.2 Å². The molecule has 1 saturated heterocycles. The van der Waals surface area contributed by atoms with Crippen LogP contribution < -0.4 is 14.4 Å². The van der Waals surface area contributed by atoms with Crippen LogP contribution in [-0.4, -0.2) is 18.3 Å². The lowest BCUT2D eigenvalue weighted by molar-refractivity contribution is -0.115. The molecule has 1 fully saturated rings. The Morgan fingerprint density at radius 3 is 2.53 bits per heavy atom. The van der Waals surface area contributed by atoms with Gasteiger partial charge in [0, 0.05) is 15.2 Å². The highest BCUT2D eigenvalue weighted by molar-refractivity contribution is 14.1. The van der Waals surface area contributed by atoms with Gasteiger partial charge in [0.2, 0.25) is 5.91 Å². The first kappa shape index (κ1) is 23.7. The lowest BCUT2D eigenvalue weighted by Crippen LogP contribution is -2.27. The number of rotatable bonds is 7. The molecule has 1 heterocycles. The first-order valence-corrected chi connectivity index (χ1v) is 13.3. The van der Waals surface area contributed by atoms with Crippen molar-refractivity contribution in [2.75, 3.05) is 17.3 Å². The minimum Gasteiger partial charge on any atom is -0.490 e. The quantitative estimate of drug-likeness (QED) is 0.251. The van der Waals surface area contributed by atoms with Crippen molar-refractivity contribution in [3.05, 3.63) is 84.9 Å². The normalized spacial score (nSPS) is 15.8. The van der Waals surface area contributed by atoms with Crippen molar-refractivity contribution in [3.8, 4) is 11.5 Å². The average molecular weight is 645 g/mol. The lowest BCUT2D eigenvalue weighted by atomic mass is 10.1. The summed E-state index contributed by atoms with van der Waals surface area (Å²) >= 11 is 13.4. The zero-order valence-electron chi connectivity index (χ0n) is 17.2. The zero-order chi connectivity index (χ0) is 22.7. The zero-order valence-corrected chi connectivity index (χ0v) is 22.5. The molecule has 32 heavy (non-hydrogen) atoms. The second-order valence-electron chi connectivity index (χ2n) is 7.08. The van der Waals surface area contributed by atoms with E-state index < -0.39 is 0 Å². The number of nitrogens with zero attached hydrogens (tertiary/aromatic N) is 1.